The fraction of sp³-hybridized carbons (Fsp3) is 0.571. The molecule has 1 aliphatic carbocycles. The van der Waals surface area contributed by atoms with Gasteiger partial charge in [0.25, 0.3) is 0 Å². The Hall–Kier alpha value is -0.120. The van der Waals surface area contributed by atoms with Crippen LogP contribution < -0.4 is 0 Å². The van der Waals surface area contributed by atoms with E-state index in [2.05, 4.69) is 27.9 Å². The summed E-state index contributed by atoms with van der Waals surface area (Å²) in [7, 11) is 2.07. The first-order chi connectivity index (χ1) is 8.58. The zero-order chi connectivity index (χ0) is 13.1. The summed E-state index contributed by atoms with van der Waals surface area (Å²) in [4.78, 5) is 2.76. The minimum absolute atomic E-state index is 0.212. The van der Waals surface area contributed by atoms with Gasteiger partial charge in [-0.15, -0.1) is 0 Å². The van der Waals surface area contributed by atoms with Crippen LogP contribution in [0, 0.1) is 5.82 Å². The first-order valence-corrected chi connectivity index (χ1v) is 7.65. The zero-order valence-corrected chi connectivity index (χ0v) is 12.8. The molecule has 18 heavy (non-hydrogen) atoms. The van der Waals surface area contributed by atoms with Crippen molar-refractivity contribution in [2.24, 2.45) is 0 Å². The van der Waals surface area contributed by atoms with Crippen LogP contribution in [0.3, 0.4) is 0 Å². The van der Waals surface area contributed by atoms with E-state index in [9.17, 15) is 4.39 Å². The highest BCUT2D eigenvalue weighted by molar-refractivity contribution is 9.09. The van der Waals surface area contributed by atoms with Gasteiger partial charge in [-0.1, -0.05) is 46.4 Å². The molecule has 0 amide bonds. The molecule has 0 radical (unpaired) electrons. The normalized spacial score (nSPS) is 24.5. The minimum atomic E-state index is -0.212. The van der Waals surface area contributed by atoms with Crippen molar-refractivity contribution in [2.75, 3.05) is 7.05 Å². The number of hydrogen-bond acceptors (Lipinski definition) is 1. The van der Waals surface area contributed by atoms with Crippen molar-refractivity contribution < 1.29 is 4.39 Å². The van der Waals surface area contributed by atoms with Crippen molar-refractivity contribution in [1.82, 2.24) is 4.90 Å². The van der Waals surface area contributed by atoms with Crippen LogP contribution in [0.25, 0.3) is 0 Å². The number of hydrogen-bond donors (Lipinski definition) is 0. The highest BCUT2D eigenvalue weighted by Gasteiger charge is 2.26. The third kappa shape index (κ3) is 3.46. The molecule has 0 saturated heterocycles. The van der Waals surface area contributed by atoms with Crippen LogP contribution in [0.15, 0.2) is 18.2 Å². The minimum Gasteiger partial charge on any atom is -0.298 e. The molecule has 2 rings (SSSR count). The smallest absolute Gasteiger partial charge is 0.129 e. The molecule has 0 aliphatic heterocycles. The predicted molar refractivity (Wildman–Crippen MR) is 77.8 cm³/mol. The Morgan fingerprint density at radius 2 is 2.11 bits per heavy atom. The fourth-order valence-corrected chi connectivity index (χ4v) is 3.75. The van der Waals surface area contributed by atoms with E-state index in [4.69, 9.17) is 11.6 Å². The van der Waals surface area contributed by atoms with Gasteiger partial charge in [0.15, 0.2) is 0 Å². The van der Waals surface area contributed by atoms with Gasteiger partial charge < -0.3 is 0 Å². The maximum absolute atomic E-state index is 13.8. The average Bonchev–Trinajstić information content (AvgIpc) is 2.33. The Kier molecular flexibility index (Phi) is 5.05. The van der Waals surface area contributed by atoms with Gasteiger partial charge in [0.05, 0.1) is 0 Å². The van der Waals surface area contributed by atoms with Crippen LogP contribution in [0.5, 0.6) is 0 Å². The zero-order valence-electron chi connectivity index (χ0n) is 10.5. The summed E-state index contributed by atoms with van der Waals surface area (Å²) in [5, 5.41) is 0.454. The molecule has 0 bridgehead atoms. The lowest BCUT2D eigenvalue weighted by Gasteiger charge is -2.35. The Morgan fingerprint density at radius 1 is 1.39 bits per heavy atom. The van der Waals surface area contributed by atoms with Gasteiger partial charge in [-0.2, -0.15) is 0 Å². The van der Waals surface area contributed by atoms with Crippen molar-refractivity contribution in [3.05, 3.63) is 34.6 Å². The average molecular weight is 335 g/mol. The molecule has 2 unspecified atom stereocenters. The molecule has 1 aromatic carbocycles. The second-order valence-electron chi connectivity index (χ2n) is 5.02. The summed E-state index contributed by atoms with van der Waals surface area (Å²) < 4.78 is 13.8. The molecule has 0 N–H and O–H groups in total. The SMILES string of the molecule is CN(Cc1ccc(Cl)cc1F)C1CCCCC1Br. The Morgan fingerprint density at radius 3 is 2.78 bits per heavy atom. The van der Waals surface area contributed by atoms with Crippen molar-refractivity contribution >= 4 is 27.5 Å². The molecule has 1 aliphatic rings. The monoisotopic (exact) mass is 333 g/mol. The van der Waals surface area contributed by atoms with E-state index < -0.39 is 0 Å². The maximum atomic E-state index is 13.8. The highest BCUT2D eigenvalue weighted by atomic mass is 79.9. The van der Waals surface area contributed by atoms with E-state index in [1.165, 1.54) is 31.7 Å². The number of rotatable bonds is 3. The largest absolute Gasteiger partial charge is 0.298 e. The molecule has 2 atom stereocenters. The summed E-state index contributed by atoms with van der Waals surface area (Å²) in [6, 6.07) is 5.41. The van der Waals surface area contributed by atoms with E-state index in [1.807, 2.05) is 0 Å². The molecular weight excluding hydrogens is 317 g/mol. The van der Waals surface area contributed by atoms with Gasteiger partial charge in [0.1, 0.15) is 5.82 Å². The van der Waals surface area contributed by atoms with Gasteiger partial charge >= 0.3 is 0 Å². The lowest BCUT2D eigenvalue weighted by atomic mass is 9.94. The molecule has 1 nitrogen and oxygen atoms in total. The third-order valence-electron chi connectivity index (χ3n) is 3.65. The standard InChI is InChI=1S/C14H18BrClFN/c1-18(14-5-3-2-4-12(14)15)9-10-6-7-11(16)8-13(10)17/h6-8,12,14H,2-5,9H2,1H3. The molecule has 0 spiro atoms. The summed E-state index contributed by atoms with van der Waals surface area (Å²) in [5.41, 5.74) is 0.715. The molecule has 4 heteroatoms. The van der Waals surface area contributed by atoms with Crippen LogP contribution in [0.1, 0.15) is 31.2 Å². The van der Waals surface area contributed by atoms with Crippen molar-refractivity contribution in [1.29, 1.82) is 0 Å². The Bertz CT molecular complexity index is 413. The lowest BCUT2D eigenvalue weighted by molar-refractivity contribution is 0.191. The first-order valence-electron chi connectivity index (χ1n) is 6.36. The molecule has 1 aromatic rings. The molecule has 1 fully saturated rings. The van der Waals surface area contributed by atoms with Gasteiger partial charge in [0, 0.05) is 28.0 Å². The fourth-order valence-electron chi connectivity index (χ4n) is 2.60. The van der Waals surface area contributed by atoms with Crippen LogP contribution in [-0.4, -0.2) is 22.8 Å². The van der Waals surface area contributed by atoms with Crippen molar-refractivity contribution in [3.63, 3.8) is 0 Å². The molecule has 0 heterocycles. The topological polar surface area (TPSA) is 3.24 Å². The van der Waals surface area contributed by atoms with Crippen LogP contribution in [-0.2, 0) is 6.54 Å². The van der Waals surface area contributed by atoms with E-state index in [1.54, 1.807) is 12.1 Å². The van der Waals surface area contributed by atoms with Crippen LogP contribution in [0.2, 0.25) is 5.02 Å². The lowest BCUT2D eigenvalue weighted by Crippen LogP contribution is -2.40. The van der Waals surface area contributed by atoms with Gasteiger partial charge in [-0.3, -0.25) is 4.90 Å². The van der Waals surface area contributed by atoms with E-state index in [0.717, 1.165) is 0 Å². The van der Waals surface area contributed by atoms with Gasteiger partial charge in [-0.05, 0) is 32.0 Å². The number of benzene rings is 1. The highest BCUT2D eigenvalue weighted by Crippen LogP contribution is 2.29. The number of nitrogens with zero attached hydrogens (tertiary/aromatic N) is 1. The van der Waals surface area contributed by atoms with Crippen molar-refractivity contribution in [3.8, 4) is 0 Å². The third-order valence-corrected chi connectivity index (χ3v) is 4.95. The molecular formula is C14H18BrClFN. The quantitative estimate of drug-likeness (QED) is 0.729. The summed E-state index contributed by atoms with van der Waals surface area (Å²) >= 11 is 9.51. The molecule has 1 saturated carbocycles. The predicted octanol–water partition coefficient (Wildman–Crippen LogP) is 4.62. The van der Waals surface area contributed by atoms with Gasteiger partial charge in [0.2, 0.25) is 0 Å². The number of alkyl halides is 1. The Labute approximate surface area is 121 Å². The van der Waals surface area contributed by atoms with E-state index in [-0.39, 0.29) is 5.82 Å². The van der Waals surface area contributed by atoms with Crippen molar-refractivity contribution in [2.45, 2.75) is 43.1 Å². The van der Waals surface area contributed by atoms with E-state index >= 15 is 0 Å². The van der Waals surface area contributed by atoms with Crippen LogP contribution >= 0.6 is 27.5 Å². The Balaban J connectivity index is 2.03. The molecule has 100 valence electrons. The van der Waals surface area contributed by atoms with Gasteiger partial charge in [-0.25, -0.2) is 4.39 Å². The molecule has 0 aromatic heterocycles. The van der Waals surface area contributed by atoms with E-state index in [0.29, 0.717) is 28.0 Å². The first kappa shape index (κ1) is 14.3. The summed E-state index contributed by atoms with van der Waals surface area (Å²) in [6.45, 7) is 0.635. The second kappa shape index (κ2) is 6.36. The van der Waals surface area contributed by atoms with Crippen LogP contribution in [0.4, 0.5) is 4.39 Å². The maximum Gasteiger partial charge on any atom is 0.129 e. The summed E-state index contributed by atoms with van der Waals surface area (Å²) in [6.07, 6.45) is 4.94. The summed E-state index contributed by atoms with van der Waals surface area (Å²) in [5.74, 6) is -0.212. The number of halogens is 3. The second-order valence-corrected chi connectivity index (χ2v) is 6.63.